The standard InChI is InChI=1S/C14H17N3O6/c1-20-13(18)10-7-11(14(19)21-2)9-12(8-10)23-6-5-22-4-3-16-17-15/h7-9H,3-6H2,1-2H3. The van der Waals surface area contributed by atoms with Gasteiger partial charge in [0.1, 0.15) is 12.4 Å². The number of methoxy groups -OCH3 is 2. The molecule has 0 heterocycles. The van der Waals surface area contributed by atoms with E-state index < -0.39 is 11.9 Å². The highest BCUT2D eigenvalue weighted by Gasteiger charge is 2.14. The van der Waals surface area contributed by atoms with Crippen LogP contribution in [0.1, 0.15) is 20.7 Å². The normalized spacial score (nSPS) is 9.65. The third-order valence-electron chi connectivity index (χ3n) is 2.64. The van der Waals surface area contributed by atoms with Crippen molar-refractivity contribution >= 4 is 11.9 Å². The van der Waals surface area contributed by atoms with Gasteiger partial charge in [0.2, 0.25) is 0 Å². The van der Waals surface area contributed by atoms with Crippen molar-refractivity contribution in [3.8, 4) is 5.75 Å². The van der Waals surface area contributed by atoms with E-state index in [1.165, 1.54) is 32.4 Å². The minimum Gasteiger partial charge on any atom is -0.491 e. The quantitative estimate of drug-likeness (QED) is 0.225. The summed E-state index contributed by atoms with van der Waals surface area (Å²) in [6.45, 7) is 0.975. The Morgan fingerprint density at radius 1 is 1.04 bits per heavy atom. The van der Waals surface area contributed by atoms with Crippen LogP contribution in [0.4, 0.5) is 0 Å². The number of rotatable bonds is 9. The summed E-state index contributed by atoms with van der Waals surface area (Å²) in [5.74, 6) is -0.871. The maximum atomic E-state index is 11.6. The zero-order valence-electron chi connectivity index (χ0n) is 12.9. The van der Waals surface area contributed by atoms with Crippen LogP contribution in [0.5, 0.6) is 5.75 Å². The molecule has 0 amide bonds. The molecule has 0 fully saturated rings. The Morgan fingerprint density at radius 2 is 1.65 bits per heavy atom. The maximum absolute atomic E-state index is 11.6. The number of carbonyl (C=O) groups excluding carboxylic acids is 2. The third-order valence-corrected chi connectivity index (χ3v) is 2.64. The average Bonchev–Trinajstić information content (AvgIpc) is 2.59. The Labute approximate surface area is 132 Å². The molecule has 0 unspecified atom stereocenters. The summed E-state index contributed by atoms with van der Waals surface area (Å²) in [7, 11) is 2.48. The first-order valence-electron chi connectivity index (χ1n) is 6.65. The molecule has 1 aromatic carbocycles. The van der Waals surface area contributed by atoms with E-state index in [0.717, 1.165) is 0 Å². The number of hydrogen-bond acceptors (Lipinski definition) is 7. The van der Waals surface area contributed by atoms with Crippen LogP contribution in [0.15, 0.2) is 23.3 Å². The van der Waals surface area contributed by atoms with Crippen LogP contribution in [0.25, 0.3) is 10.4 Å². The minimum atomic E-state index is -0.591. The lowest BCUT2D eigenvalue weighted by molar-refractivity contribution is 0.0597. The second-order valence-corrected chi connectivity index (χ2v) is 4.14. The Morgan fingerprint density at radius 3 is 2.17 bits per heavy atom. The van der Waals surface area contributed by atoms with E-state index in [1.54, 1.807) is 0 Å². The highest BCUT2D eigenvalue weighted by Crippen LogP contribution is 2.19. The molecule has 1 rings (SSSR count). The van der Waals surface area contributed by atoms with Crippen molar-refractivity contribution in [1.82, 2.24) is 0 Å². The topological polar surface area (TPSA) is 120 Å². The molecule has 124 valence electrons. The molecule has 0 aliphatic carbocycles. The van der Waals surface area contributed by atoms with Gasteiger partial charge in [-0.05, 0) is 23.7 Å². The molecule has 9 heteroatoms. The molecule has 0 aliphatic rings. The minimum absolute atomic E-state index is 0.176. The number of benzene rings is 1. The van der Waals surface area contributed by atoms with Gasteiger partial charge in [-0.15, -0.1) is 0 Å². The summed E-state index contributed by atoms with van der Waals surface area (Å²) in [4.78, 5) is 25.8. The molecule has 9 nitrogen and oxygen atoms in total. The molecular weight excluding hydrogens is 306 g/mol. The monoisotopic (exact) mass is 323 g/mol. The number of ether oxygens (including phenoxy) is 4. The van der Waals surface area contributed by atoms with Crippen molar-refractivity contribution in [2.75, 3.05) is 40.6 Å². The van der Waals surface area contributed by atoms with Crippen LogP contribution in [0.2, 0.25) is 0 Å². The zero-order chi connectivity index (χ0) is 17.1. The molecule has 0 saturated heterocycles. The molecule has 0 spiro atoms. The van der Waals surface area contributed by atoms with Gasteiger partial charge in [0, 0.05) is 11.5 Å². The second-order valence-electron chi connectivity index (χ2n) is 4.14. The van der Waals surface area contributed by atoms with Crippen LogP contribution in [-0.4, -0.2) is 52.5 Å². The Kier molecular flexibility index (Phi) is 7.98. The molecule has 0 aliphatic heterocycles. The lowest BCUT2D eigenvalue weighted by Gasteiger charge is -2.10. The maximum Gasteiger partial charge on any atom is 0.338 e. The predicted octanol–water partition coefficient (Wildman–Crippen LogP) is 1.97. The summed E-state index contributed by atoms with van der Waals surface area (Å²) >= 11 is 0. The van der Waals surface area contributed by atoms with Crippen LogP contribution in [0, 0.1) is 0 Å². The van der Waals surface area contributed by atoms with Crippen molar-refractivity contribution in [2.24, 2.45) is 5.11 Å². The van der Waals surface area contributed by atoms with Gasteiger partial charge < -0.3 is 18.9 Å². The fraction of sp³-hybridized carbons (Fsp3) is 0.429. The van der Waals surface area contributed by atoms with Crippen molar-refractivity contribution in [1.29, 1.82) is 0 Å². The first kappa shape index (κ1) is 18.3. The van der Waals surface area contributed by atoms with Crippen molar-refractivity contribution in [2.45, 2.75) is 0 Å². The van der Waals surface area contributed by atoms with Gasteiger partial charge in [0.05, 0.1) is 38.6 Å². The van der Waals surface area contributed by atoms with Crippen LogP contribution in [0.3, 0.4) is 0 Å². The number of carbonyl (C=O) groups is 2. The van der Waals surface area contributed by atoms with E-state index in [2.05, 4.69) is 19.5 Å². The van der Waals surface area contributed by atoms with Gasteiger partial charge in [-0.3, -0.25) is 0 Å². The Balaban J connectivity index is 2.67. The average molecular weight is 323 g/mol. The molecule has 0 radical (unpaired) electrons. The largest absolute Gasteiger partial charge is 0.491 e. The fourth-order valence-electron chi connectivity index (χ4n) is 1.62. The predicted molar refractivity (Wildman–Crippen MR) is 79.4 cm³/mol. The summed E-state index contributed by atoms with van der Waals surface area (Å²) in [6.07, 6.45) is 0. The molecule has 23 heavy (non-hydrogen) atoms. The van der Waals surface area contributed by atoms with E-state index >= 15 is 0 Å². The highest BCUT2D eigenvalue weighted by atomic mass is 16.5. The molecule has 0 atom stereocenters. The number of nitrogens with zero attached hydrogens (tertiary/aromatic N) is 3. The first-order chi connectivity index (χ1) is 11.1. The van der Waals surface area contributed by atoms with Crippen LogP contribution in [-0.2, 0) is 14.2 Å². The van der Waals surface area contributed by atoms with Crippen molar-refractivity contribution in [3.63, 3.8) is 0 Å². The first-order valence-corrected chi connectivity index (χ1v) is 6.65. The van der Waals surface area contributed by atoms with Gasteiger partial charge in [-0.25, -0.2) is 9.59 Å². The van der Waals surface area contributed by atoms with Crippen LogP contribution < -0.4 is 4.74 Å². The fourth-order valence-corrected chi connectivity index (χ4v) is 1.62. The Bertz CT molecular complexity index is 564. The van der Waals surface area contributed by atoms with Gasteiger partial charge in [-0.2, -0.15) is 0 Å². The van der Waals surface area contributed by atoms with Gasteiger partial charge in [-0.1, -0.05) is 5.11 Å². The van der Waals surface area contributed by atoms with E-state index in [4.69, 9.17) is 15.0 Å². The van der Waals surface area contributed by atoms with E-state index in [0.29, 0.717) is 5.75 Å². The lowest BCUT2D eigenvalue weighted by atomic mass is 10.1. The van der Waals surface area contributed by atoms with Gasteiger partial charge >= 0.3 is 11.9 Å². The zero-order valence-corrected chi connectivity index (χ0v) is 12.9. The van der Waals surface area contributed by atoms with Crippen molar-refractivity contribution in [3.05, 3.63) is 39.8 Å². The van der Waals surface area contributed by atoms with Gasteiger partial charge in [0.15, 0.2) is 0 Å². The smallest absolute Gasteiger partial charge is 0.338 e. The molecule has 0 saturated carbocycles. The second kappa shape index (κ2) is 10.0. The summed E-state index contributed by atoms with van der Waals surface area (Å²) < 4.78 is 19.9. The number of azide groups is 1. The summed E-state index contributed by atoms with van der Waals surface area (Å²) in [6, 6.07) is 4.28. The molecule has 0 N–H and O–H groups in total. The molecule has 0 aromatic heterocycles. The number of esters is 2. The van der Waals surface area contributed by atoms with E-state index in [1.807, 2.05) is 0 Å². The highest BCUT2D eigenvalue weighted by molar-refractivity contribution is 5.96. The summed E-state index contributed by atoms with van der Waals surface area (Å²) in [5.41, 5.74) is 8.45. The number of hydrogen-bond donors (Lipinski definition) is 0. The van der Waals surface area contributed by atoms with Crippen LogP contribution >= 0.6 is 0 Å². The van der Waals surface area contributed by atoms with Crippen molar-refractivity contribution < 1.29 is 28.5 Å². The van der Waals surface area contributed by atoms with E-state index in [-0.39, 0.29) is 37.5 Å². The molecule has 0 bridgehead atoms. The van der Waals surface area contributed by atoms with E-state index in [9.17, 15) is 9.59 Å². The lowest BCUT2D eigenvalue weighted by Crippen LogP contribution is -2.11. The molecular formula is C14H17N3O6. The molecule has 1 aromatic rings. The SMILES string of the molecule is COC(=O)c1cc(OCCOCCN=[N+]=[N-])cc(C(=O)OC)c1. The van der Waals surface area contributed by atoms with Gasteiger partial charge in [0.25, 0.3) is 0 Å². The third kappa shape index (κ3) is 6.25. The summed E-state index contributed by atoms with van der Waals surface area (Å²) in [5, 5.41) is 3.32. The Hall–Kier alpha value is -2.77.